The number of amides is 1. The van der Waals surface area contributed by atoms with Crippen molar-refractivity contribution in [2.24, 2.45) is 5.92 Å². The van der Waals surface area contributed by atoms with Gasteiger partial charge in [-0.15, -0.1) is 0 Å². The van der Waals surface area contributed by atoms with Crippen molar-refractivity contribution in [1.82, 2.24) is 15.1 Å². The van der Waals surface area contributed by atoms with Crippen molar-refractivity contribution in [2.45, 2.75) is 19.4 Å². The molecule has 27 heavy (non-hydrogen) atoms. The van der Waals surface area contributed by atoms with E-state index in [4.69, 9.17) is 9.47 Å². The Kier molecular flexibility index (Phi) is 7.43. The van der Waals surface area contributed by atoms with E-state index in [1.165, 1.54) is 6.07 Å². The zero-order chi connectivity index (χ0) is 19.1. The molecule has 0 bridgehead atoms. The summed E-state index contributed by atoms with van der Waals surface area (Å²) < 4.78 is 24.6. The second-order valence-corrected chi connectivity index (χ2v) is 7.39. The molecular weight excluding hydrogens is 349 g/mol. The molecule has 0 aromatic heterocycles. The highest BCUT2D eigenvalue weighted by Crippen LogP contribution is 2.22. The molecule has 0 radical (unpaired) electrons. The van der Waals surface area contributed by atoms with Crippen LogP contribution < -0.4 is 10.1 Å². The molecule has 150 valence electrons. The first-order chi connectivity index (χ1) is 13.1. The van der Waals surface area contributed by atoms with Crippen molar-refractivity contribution in [2.75, 3.05) is 59.6 Å². The molecule has 0 aliphatic carbocycles. The number of nitrogens with zero attached hydrogens (tertiary/aromatic N) is 2. The minimum atomic E-state index is -0.197. The van der Waals surface area contributed by atoms with Crippen molar-refractivity contribution < 1.29 is 18.7 Å². The van der Waals surface area contributed by atoms with Crippen molar-refractivity contribution in [3.63, 3.8) is 0 Å². The SMILES string of the molecule is COc1ccc(F)c(CN2CCCC(CNC(=O)CN3CCOCC3)C2)c1. The molecule has 7 heteroatoms. The molecule has 1 aromatic carbocycles. The Labute approximate surface area is 160 Å². The number of piperidine rings is 1. The molecule has 1 unspecified atom stereocenters. The molecule has 2 saturated heterocycles. The highest BCUT2D eigenvalue weighted by molar-refractivity contribution is 5.78. The summed E-state index contributed by atoms with van der Waals surface area (Å²) in [7, 11) is 1.59. The van der Waals surface area contributed by atoms with Crippen LogP contribution >= 0.6 is 0 Å². The van der Waals surface area contributed by atoms with Gasteiger partial charge in [0.15, 0.2) is 0 Å². The number of morpholine rings is 1. The average molecular weight is 379 g/mol. The molecule has 2 aliphatic rings. The molecule has 0 saturated carbocycles. The molecule has 2 aliphatic heterocycles. The van der Waals surface area contributed by atoms with Crippen LogP contribution in [-0.2, 0) is 16.1 Å². The zero-order valence-electron chi connectivity index (χ0n) is 16.1. The van der Waals surface area contributed by atoms with E-state index in [0.717, 1.165) is 39.0 Å². The van der Waals surface area contributed by atoms with Crippen LogP contribution in [0.5, 0.6) is 5.75 Å². The maximum absolute atomic E-state index is 14.1. The van der Waals surface area contributed by atoms with Crippen molar-refractivity contribution in [3.05, 3.63) is 29.6 Å². The fraction of sp³-hybridized carbons (Fsp3) is 0.650. The number of likely N-dealkylation sites (tertiary alicyclic amines) is 1. The molecular formula is C20H30FN3O3. The lowest BCUT2D eigenvalue weighted by atomic mass is 9.97. The van der Waals surface area contributed by atoms with Crippen LogP contribution in [0.1, 0.15) is 18.4 Å². The summed E-state index contributed by atoms with van der Waals surface area (Å²) in [6.07, 6.45) is 2.16. The molecule has 1 amide bonds. The summed E-state index contributed by atoms with van der Waals surface area (Å²) >= 11 is 0. The Morgan fingerprint density at radius 1 is 1.30 bits per heavy atom. The molecule has 1 N–H and O–H groups in total. The van der Waals surface area contributed by atoms with E-state index >= 15 is 0 Å². The van der Waals surface area contributed by atoms with Gasteiger partial charge in [-0.05, 0) is 43.5 Å². The Bertz CT molecular complexity index is 622. The van der Waals surface area contributed by atoms with Gasteiger partial charge in [0.25, 0.3) is 0 Å². The minimum absolute atomic E-state index is 0.0767. The van der Waals surface area contributed by atoms with Gasteiger partial charge in [0.1, 0.15) is 11.6 Å². The third-order valence-electron chi connectivity index (χ3n) is 5.31. The van der Waals surface area contributed by atoms with Crippen LogP contribution in [0.2, 0.25) is 0 Å². The van der Waals surface area contributed by atoms with Gasteiger partial charge >= 0.3 is 0 Å². The van der Waals surface area contributed by atoms with Crippen LogP contribution in [0.3, 0.4) is 0 Å². The number of carbonyl (C=O) groups is 1. The van der Waals surface area contributed by atoms with Gasteiger partial charge < -0.3 is 14.8 Å². The summed E-state index contributed by atoms with van der Waals surface area (Å²) in [6, 6.07) is 4.87. The number of hydrogen-bond acceptors (Lipinski definition) is 5. The summed E-state index contributed by atoms with van der Waals surface area (Å²) in [5, 5.41) is 3.07. The van der Waals surface area contributed by atoms with Crippen LogP contribution in [0, 0.1) is 11.7 Å². The topological polar surface area (TPSA) is 54.0 Å². The molecule has 0 spiro atoms. The number of rotatable bonds is 7. The largest absolute Gasteiger partial charge is 0.497 e. The van der Waals surface area contributed by atoms with E-state index < -0.39 is 0 Å². The first-order valence-electron chi connectivity index (χ1n) is 9.75. The number of halogens is 1. The second-order valence-electron chi connectivity index (χ2n) is 7.39. The van der Waals surface area contributed by atoms with E-state index in [-0.39, 0.29) is 11.7 Å². The van der Waals surface area contributed by atoms with Gasteiger partial charge in [-0.3, -0.25) is 14.6 Å². The number of ether oxygens (including phenoxy) is 2. The fourth-order valence-electron chi connectivity index (χ4n) is 3.78. The monoisotopic (exact) mass is 379 g/mol. The van der Waals surface area contributed by atoms with Crippen LogP contribution in [0.25, 0.3) is 0 Å². The van der Waals surface area contributed by atoms with E-state index in [1.807, 2.05) is 0 Å². The molecule has 2 heterocycles. The van der Waals surface area contributed by atoms with Crippen molar-refractivity contribution in [3.8, 4) is 5.75 Å². The van der Waals surface area contributed by atoms with Crippen LogP contribution in [-0.4, -0.2) is 75.3 Å². The Morgan fingerprint density at radius 3 is 2.89 bits per heavy atom. The van der Waals surface area contributed by atoms with Crippen molar-refractivity contribution >= 4 is 5.91 Å². The molecule has 6 nitrogen and oxygen atoms in total. The molecule has 3 rings (SSSR count). The normalized spacial score (nSPS) is 21.8. The predicted octanol–water partition coefficient (Wildman–Crippen LogP) is 1.49. The van der Waals surface area contributed by atoms with E-state index in [1.54, 1.807) is 19.2 Å². The third kappa shape index (κ3) is 6.16. The van der Waals surface area contributed by atoms with Gasteiger partial charge in [0.05, 0.1) is 26.9 Å². The van der Waals surface area contributed by atoms with Gasteiger partial charge in [-0.25, -0.2) is 4.39 Å². The summed E-state index contributed by atoms with van der Waals surface area (Å²) in [4.78, 5) is 16.6. The zero-order valence-corrected chi connectivity index (χ0v) is 16.1. The second kappa shape index (κ2) is 10.0. The van der Waals surface area contributed by atoms with Crippen LogP contribution in [0.4, 0.5) is 4.39 Å². The number of carbonyl (C=O) groups excluding carboxylic acids is 1. The number of nitrogens with one attached hydrogen (secondary N) is 1. The quantitative estimate of drug-likeness (QED) is 0.778. The number of hydrogen-bond donors (Lipinski definition) is 1. The maximum Gasteiger partial charge on any atom is 0.234 e. The summed E-state index contributed by atoms with van der Waals surface area (Å²) in [5.41, 5.74) is 0.659. The lowest BCUT2D eigenvalue weighted by Gasteiger charge is -2.33. The van der Waals surface area contributed by atoms with Gasteiger partial charge in [-0.2, -0.15) is 0 Å². The Hall–Kier alpha value is -1.70. The van der Waals surface area contributed by atoms with E-state index in [0.29, 0.717) is 50.1 Å². The average Bonchev–Trinajstić information content (AvgIpc) is 2.69. The van der Waals surface area contributed by atoms with Gasteiger partial charge in [-0.1, -0.05) is 0 Å². The maximum atomic E-state index is 14.1. The van der Waals surface area contributed by atoms with Gasteiger partial charge in [0.2, 0.25) is 5.91 Å². The first-order valence-corrected chi connectivity index (χ1v) is 9.75. The van der Waals surface area contributed by atoms with Gasteiger partial charge in [0, 0.05) is 38.3 Å². The fourth-order valence-corrected chi connectivity index (χ4v) is 3.78. The summed E-state index contributed by atoms with van der Waals surface area (Å²) in [6.45, 7) is 6.55. The molecule has 1 aromatic rings. The van der Waals surface area contributed by atoms with Crippen LogP contribution in [0.15, 0.2) is 18.2 Å². The predicted molar refractivity (Wildman–Crippen MR) is 101 cm³/mol. The highest BCUT2D eigenvalue weighted by atomic mass is 19.1. The smallest absolute Gasteiger partial charge is 0.234 e. The number of methoxy groups -OCH3 is 1. The number of benzene rings is 1. The van der Waals surface area contributed by atoms with E-state index in [2.05, 4.69) is 15.1 Å². The molecule has 2 fully saturated rings. The standard InChI is InChI=1S/C20H30FN3O3/c1-26-18-4-5-19(21)17(11-18)14-24-6-2-3-16(13-24)12-22-20(25)15-23-7-9-27-10-8-23/h4-5,11,16H,2-3,6-10,12-15H2,1H3,(H,22,25). The third-order valence-corrected chi connectivity index (χ3v) is 5.31. The lowest BCUT2D eigenvalue weighted by molar-refractivity contribution is -0.123. The first kappa shape index (κ1) is 20.0. The highest BCUT2D eigenvalue weighted by Gasteiger charge is 2.22. The van der Waals surface area contributed by atoms with E-state index in [9.17, 15) is 9.18 Å². The lowest BCUT2D eigenvalue weighted by Crippen LogP contribution is -2.45. The minimum Gasteiger partial charge on any atom is -0.497 e. The Morgan fingerprint density at radius 2 is 2.11 bits per heavy atom. The summed E-state index contributed by atoms with van der Waals surface area (Å²) in [5.74, 6) is 0.959. The Balaban J connectivity index is 1.44. The molecule has 1 atom stereocenters. The van der Waals surface area contributed by atoms with Crippen molar-refractivity contribution in [1.29, 1.82) is 0 Å².